The SMILES string of the molecule is c1ccc2c(c1)Sc1c(ccc3c1-c1ccccc1C3c1ccc(-n3c4ccccc4c4c5c(ccc43)C3(c4ccccc4S5)c4ccccc4-c4ccccc43)cc1)C21c2ccccc2-c2ccccc21. The van der Waals surface area contributed by atoms with Crippen LogP contribution in [0.2, 0.25) is 0 Å². The van der Waals surface area contributed by atoms with Crippen LogP contribution in [-0.4, -0.2) is 4.57 Å². The van der Waals surface area contributed by atoms with E-state index in [1.54, 1.807) is 0 Å². The molecule has 0 saturated carbocycles. The van der Waals surface area contributed by atoms with Gasteiger partial charge in [-0.05, 0) is 125 Å². The third-order valence-electron chi connectivity index (χ3n) is 17.0. The van der Waals surface area contributed by atoms with Gasteiger partial charge in [-0.2, -0.15) is 0 Å². The van der Waals surface area contributed by atoms with E-state index in [4.69, 9.17) is 0 Å². The van der Waals surface area contributed by atoms with Crippen molar-refractivity contribution in [3.63, 3.8) is 0 Å². The maximum atomic E-state index is 2.51. The number of nitrogens with zero attached hydrogens (tertiary/aromatic N) is 1. The Bertz CT molecular complexity index is 4270. The highest BCUT2D eigenvalue weighted by Crippen LogP contribution is 2.66. The molecule has 3 heteroatoms. The molecule has 0 fully saturated rings. The Morgan fingerprint density at radius 3 is 1.38 bits per heavy atom. The van der Waals surface area contributed by atoms with E-state index in [0.29, 0.717) is 0 Å². The smallest absolute Gasteiger partial charge is 0.0735 e. The van der Waals surface area contributed by atoms with Crippen LogP contribution >= 0.6 is 23.5 Å². The van der Waals surface area contributed by atoms with Crippen molar-refractivity contribution in [2.45, 2.75) is 36.3 Å². The first-order chi connectivity index (χ1) is 35.7. The van der Waals surface area contributed by atoms with Crippen LogP contribution in [0.1, 0.15) is 67.1 Å². The summed E-state index contributed by atoms with van der Waals surface area (Å²) in [6.07, 6.45) is 0. The van der Waals surface area contributed by atoms with Gasteiger partial charge in [0.25, 0.3) is 0 Å². The summed E-state index contributed by atoms with van der Waals surface area (Å²) < 4.78 is 2.51. The number of para-hydroxylation sites is 1. The number of fused-ring (bicyclic) bond motifs is 26. The molecule has 11 aromatic carbocycles. The molecule has 0 saturated heterocycles. The molecule has 3 heterocycles. The summed E-state index contributed by atoms with van der Waals surface area (Å²) in [6.45, 7) is 0. The zero-order valence-electron chi connectivity index (χ0n) is 38.9. The lowest BCUT2D eigenvalue weighted by atomic mass is 9.67. The molecule has 1 unspecified atom stereocenters. The molecule has 1 nitrogen and oxygen atoms in total. The van der Waals surface area contributed by atoms with E-state index in [1.165, 1.54) is 142 Å². The third-order valence-corrected chi connectivity index (χ3v) is 19.4. The highest BCUT2D eigenvalue weighted by molar-refractivity contribution is 8.00. The summed E-state index contributed by atoms with van der Waals surface area (Å²) in [5.41, 5.74) is 25.9. The van der Waals surface area contributed by atoms with E-state index in [0.717, 1.165) is 0 Å². The highest BCUT2D eigenvalue weighted by Gasteiger charge is 2.53. The Morgan fingerprint density at radius 1 is 0.319 bits per heavy atom. The molecule has 0 N–H and O–H groups in total. The maximum Gasteiger partial charge on any atom is 0.0735 e. The van der Waals surface area contributed by atoms with Crippen LogP contribution < -0.4 is 0 Å². The van der Waals surface area contributed by atoms with Gasteiger partial charge in [0.15, 0.2) is 0 Å². The Hall–Kier alpha value is -8.08. The summed E-state index contributed by atoms with van der Waals surface area (Å²) in [7, 11) is 0. The van der Waals surface area contributed by atoms with Gasteiger partial charge in [0.2, 0.25) is 0 Å². The fourth-order valence-corrected chi connectivity index (χ4v) is 17.1. The van der Waals surface area contributed by atoms with Crippen LogP contribution in [0.3, 0.4) is 0 Å². The van der Waals surface area contributed by atoms with Crippen LogP contribution in [-0.2, 0) is 10.8 Å². The van der Waals surface area contributed by atoms with Gasteiger partial charge in [-0.25, -0.2) is 0 Å². The normalized spacial score (nSPS) is 16.0. The van der Waals surface area contributed by atoms with E-state index < -0.39 is 10.8 Å². The van der Waals surface area contributed by atoms with Gasteiger partial charge in [-0.1, -0.05) is 230 Å². The first-order valence-electron chi connectivity index (χ1n) is 25.1. The zero-order valence-corrected chi connectivity index (χ0v) is 40.6. The predicted molar refractivity (Wildman–Crippen MR) is 296 cm³/mol. The lowest BCUT2D eigenvalue weighted by Gasteiger charge is -2.40. The fraction of sp³-hybridized carbons (Fsp3) is 0.0435. The van der Waals surface area contributed by atoms with Crippen LogP contribution in [0.4, 0.5) is 0 Å². The Balaban J connectivity index is 0.841. The molecule has 17 rings (SSSR count). The second-order valence-corrected chi connectivity index (χ2v) is 22.2. The topological polar surface area (TPSA) is 4.93 Å². The van der Waals surface area contributed by atoms with E-state index in [-0.39, 0.29) is 5.92 Å². The summed E-state index contributed by atoms with van der Waals surface area (Å²) in [4.78, 5) is 5.38. The van der Waals surface area contributed by atoms with E-state index >= 15 is 0 Å². The second-order valence-electron chi connectivity index (χ2n) is 20.1. The van der Waals surface area contributed by atoms with Gasteiger partial charge in [-0.15, -0.1) is 0 Å². The molecular formula is C69H41NS2. The van der Waals surface area contributed by atoms with Crippen LogP contribution in [0.5, 0.6) is 0 Å². The molecule has 1 aromatic heterocycles. The second kappa shape index (κ2) is 14.3. The molecule has 334 valence electrons. The quantitative estimate of drug-likeness (QED) is 0.170. The van der Waals surface area contributed by atoms with Crippen molar-refractivity contribution in [3.8, 4) is 39.1 Å². The molecule has 0 bridgehead atoms. The molecule has 0 radical (unpaired) electrons. The van der Waals surface area contributed by atoms with Crippen molar-refractivity contribution in [2.24, 2.45) is 0 Å². The number of benzene rings is 11. The largest absolute Gasteiger partial charge is 0.309 e. The van der Waals surface area contributed by atoms with Crippen molar-refractivity contribution >= 4 is 45.3 Å². The molecule has 2 aliphatic heterocycles. The number of rotatable bonds is 2. The van der Waals surface area contributed by atoms with E-state index in [9.17, 15) is 0 Å². The minimum absolute atomic E-state index is 0.0995. The Morgan fingerprint density at radius 2 is 0.778 bits per heavy atom. The molecule has 5 aliphatic rings. The minimum Gasteiger partial charge on any atom is -0.309 e. The summed E-state index contributed by atoms with van der Waals surface area (Å²) in [5, 5.41) is 2.60. The molecule has 12 aromatic rings. The summed E-state index contributed by atoms with van der Waals surface area (Å²) in [5.74, 6) is 0.0995. The van der Waals surface area contributed by atoms with Gasteiger partial charge >= 0.3 is 0 Å². The molecule has 2 spiro atoms. The number of aromatic nitrogens is 1. The predicted octanol–water partition coefficient (Wildman–Crippen LogP) is 17.6. The van der Waals surface area contributed by atoms with Crippen LogP contribution in [0.15, 0.2) is 262 Å². The highest BCUT2D eigenvalue weighted by atomic mass is 32.2. The first kappa shape index (κ1) is 39.6. The monoisotopic (exact) mass is 947 g/mol. The van der Waals surface area contributed by atoms with Crippen molar-refractivity contribution in [2.75, 3.05) is 0 Å². The van der Waals surface area contributed by atoms with Crippen molar-refractivity contribution < 1.29 is 0 Å². The van der Waals surface area contributed by atoms with E-state index in [1.807, 2.05) is 23.5 Å². The van der Waals surface area contributed by atoms with Gasteiger partial charge in [-0.3, -0.25) is 0 Å². The van der Waals surface area contributed by atoms with Gasteiger partial charge in [0.1, 0.15) is 0 Å². The van der Waals surface area contributed by atoms with Crippen molar-refractivity contribution in [3.05, 3.63) is 304 Å². The van der Waals surface area contributed by atoms with Crippen LogP contribution in [0, 0.1) is 0 Å². The van der Waals surface area contributed by atoms with E-state index in [2.05, 4.69) is 247 Å². The molecule has 3 aliphatic carbocycles. The molecule has 1 atom stereocenters. The fourth-order valence-electron chi connectivity index (χ4n) is 14.4. The number of hydrogen-bond acceptors (Lipinski definition) is 2. The molecular weight excluding hydrogens is 907 g/mol. The molecule has 0 amide bonds. The van der Waals surface area contributed by atoms with Gasteiger partial charge in [0.05, 0.1) is 21.9 Å². The minimum atomic E-state index is -0.426. The lowest BCUT2D eigenvalue weighted by molar-refractivity contribution is 0.722. The summed E-state index contributed by atoms with van der Waals surface area (Å²) >= 11 is 3.90. The first-order valence-corrected chi connectivity index (χ1v) is 26.7. The van der Waals surface area contributed by atoms with Gasteiger partial charge in [0, 0.05) is 47.5 Å². The van der Waals surface area contributed by atoms with Crippen LogP contribution in [0.25, 0.3) is 60.9 Å². The van der Waals surface area contributed by atoms with Gasteiger partial charge < -0.3 is 4.57 Å². The van der Waals surface area contributed by atoms with Crippen molar-refractivity contribution in [1.29, 1.82) is 0 Å². The zero-order chi connectivity index (χ0) is 46.9. The average Bonchev–Trinajstić information content (AvgIpc) is 4.15. The summed E-state index contributed by atoms with van der Waals surface area (Å²) in [6, 6.07) is 92.5. The lowest BCUT2D eigenvalue weighted by Crippen LogP contribution is -2.32. The number of hydrogen-bond donors (Lipinski definition) is 0. The Kier molecular flexibility index (Phi) is 7.86. The molecule has 72 heavy (non-hydrogen) atoms. The average molecular weight is 948 g/mol. The third kappa shape index (κ3) is 4.75. The van der Waals surface area contributed by atoms with Crippen molar-refractivity contribution in [1.82, 2.24) is 4.57 Å². The Labute approximate surface area is 426 Å². The standard InChI is InChI=1S/C69H41NS2/c1-2-22-48-47(21-1)63(50-37-38-57-66(64(48)50)71-61-31-15-12-28-55(61)68(57)51-24-8-3-17-43(51)44-18-4-9-25-52(44)68)41-33-35-42(36-34-41)70-59-30-14-7-23-49(59)65-60(70)40-39-58-67(65)72-62-32-16-13-29-56(62)69(58)53-26-10-5-19-45(53)46-20-6-11-27-54(46)69/h1-40,63H. The maximum absolute atomic E-state index is 2.51.